The van der Waals surface area contributed by atoms with Crippen LogP contribution < -0.4 is 4.74 Å². The Labute approximate surface area is 98.4 Å². The van der Waals surface area contributed by atoms with Crippen molar-refractivity contribution in [3.8, 4) is 11.5 Å². The number of hydrogen-bond donors (Lipinski definition) is 2. The first-order valence-corrected chi connectivity index (χ1v) is 7.00. The molecule has 1 heterocycles. The molecule has 2 N–H and O–H groups in total. The molecule has 2 rings (SSSR count). The number of phenols is 1. The summed E-state index contributed by atoms with van der Waals surface area (Å²) >= 11 is 0. The molecule has 1 aromatic rings. The number of hydrogen-bond acceptors (Lipinski definition) is 3. The number of rotatable bonds is 3. The van der Waals surface area contributed by atoms with Gasteiger partial charge in [-0.05, 0) is 12.8 Å². The number of aromatic hydroxyl groups is 1. The maximum Gasteiger partial charge on any atom is 0.165 e. The lowest BCUT2D eigenvalue weighted by Gasteiger charge is -2.09. The third-order valence-corrected chi connectivity index (χ3v) is 5.35. The molecule has 0 bridgehead atoms. The third kappa shape index (κ3) is 2.13. The van der Waals surface area contributed by atoms with Gasteiger partial charge in [0, 0.05) is 28.6 Å². The van der Waals surface area contributed by atoms with Gasteiger partial charge in [0.2, 0.25) is 0 Å². The van der Waals surface area contributed by atoms with E-state index in [0.29, 0.717) is 11.3 Å². The SMILES string of the molecule is COc1cc([S+]2CCCC2)cc(CO)c1O. The molecule has 4 heteroatoms. The van der Waals surface area contributed by atoms with E-state index in [2.05, 4.69) is 0 Å². The fraction of sp³-hybridized carbons (Fsp3) is 0.500. The van der Waals surface area contributed by atoms with E-state index in [-0.39, 0.29) is 23.3 Å². The van der Waals surface area contributed by atoms with Gasteiger partial charge < -0.3 is 14.9 Å². The molecule has 0 amide bonds. The second kappa shape index (κ2) is 4.97. The molecule has 0 unspecified atom stereocenters. The number of benzene rings is 1. The highest BCUT2D eigenvalue weighted by Gasteiger charge is 2.28. The van der Waals surface area contributed by atoms with Crippen molar-refractivity contribution < 1.29 is 14.9 Å². The lowest BCUT2D eigenvalue weighted by molar-refractivity contribution is 0.272. The lowest BCUT2D eigenvalue weighted by atomic mass is 10.2. The van der Waals surface area contributed by atoms with Crippen molar-refractivity contribution in [2.45, 2.75) is 24.3 Å². The van der Waals surface area contributed by atoms with E-state index in [1.807, 2.05) is 12.1 Å². The Morgan fingerprint density at radius 2 is 2.00 bits per heavy atom. The Balaban J connectivity index is 2.37. The smallest absolute Gasteiger partial charge is 0.165 e. The zero-order chi connectivity index (χ0) is 11.5. The van der Waals surface area contributed by atoms with Crippen LogP contribution in [-0.2, 0) is 17.5 Å². The highest BCUT2D eigenvalue weighted by atomic mass is 32.2. The lowest BCUT2D eigenvalue weighted by Crippen LogP contribution is -2.05. The van der Waals surface area contributed by atoms with E-state index < -0.39 is 0 Å². The van der Waals surface area contributed by atoms with E-state index in [9.17, 15) is 10.2 Å². The Hall–Kier alpha value is -0.870. The van der Waals surface area contributed by atoms with Crippen LogP contribution in [0.1, 0.15) is 18.4 Å². The third-order valence-electron chi connectivity index (χ3n) is 2.88. The summed E-state index contributed by atoms with van der Waals surface area (Å²) < 4.78 is 5.13. The fourth-order valence-electron chi connectivity index (χ4n) is 1.97. The van der Waals surface area contributed by atoms with Crippen molar-refractivity contribution in [2.24, 2.45) is 0 Å². The van der Waals surface area contributed by atoms with Gasteiger partial charge in [0.25, 0.3) is 0 Å². The molecule has 0 aliphatic carbocycles. The van der Waals surface area contributed by atoms with Gasteiger partial charge in [-0.3, -0.25) is 0 Å². The van der Waals surface area contributed by atoms with Crippen molar-refractivity contribution >= 4 is 10.9 Å². The topological polar surface area (TPSA) is 49.7 Å². The Morgan fingerprint density at radius 3 is 2.56 bits per heavy atom. The van der Waals surface area contributed by atoms with Gasteiger partial charge in [-0.2, -0.15) is 0 Å². The molecule has 1 aromatic carbocycles. The summed E-state index contributed by atoms with van der Waals surface area (Å²) in [5.41, 5.74) is 0.564. The molecular weight excluding hydrogens is 224 g/mol. The summed E-state index contributed by atoms with van der Waals surface area (Å²) in [5.74, 6) is 2.98. The van der Waals surface area contributed by atoms with Crippen LogP contribution in [0, 0.1) is 0 Å². The van der Waals surface area contributed by atoms with Gasteiger partial charge in [-0.1, -0.05) is 0 Å². The summed E-state index contributed by atoms with van der Waals surface area (Å²) in [5, 5.41) is 19.0. The first-order valence-electron chi connectivity index (χ1n) is 5.44. The molecule has 0 radical (unpaired) electrons. The van der Waals surface area contributed by atoms with E-state index in [1.165, 1.54) is 36.4 Å². The zero-order valence-corrected chi connectivity index (χ0v) is 10.2. The largest absolute Gasteiger partial charge is 0.504 e. The van der Waals surface area contributed by atoms with Crippen molar-refractivity contribution in [3.05, 3.63) is 17.7 Å². The quantitative estimate of drug-likeness (QED) is 0.791. The second-order valence-electron chi connectivity index (χ2n) is 3.90. The van der Waals surface area contributed by atoms with Gasteiger partial charge in [-0.15, -0.1) is 0 Å². The molecule has 88 valence electrons. The second-order valence-corrected chi connectivity index (χ2v) is 6.17. The minimum atomic E-state index is -0.146. The van der Waals surface area contributed by atoms with Crippen LogP contribution in [0.25, 0.3) is 0 Å². The van der Waals surface area contributed by atoms with E-state index in [0.717, 1.165) is 0 Å². The van der Waals surface area contributed by atoms with E-state index in [1.54, 1.807) is 0 Å². The minimum Gasteiger partial charge on any atom is -0.504 e. The predicted molar refractivity (Wildman–Crippen MR) is 65.2 cm³/mol. The molecule has 0 atom stereocenters. The van der Waals surface area contributed by atoms with Gasteiger partial charge in [0.15, 0.2) is 16.4 Å². The maximum atomic E-state index is 9.77. The van der Waals surface area contributed by atoms with E-state index >= 15 is 0 Å². The monoisotopic (exact) mass is 241 g/mol. The molecule has 1 aliphatic heterocycles. The van der Waals surface area contributed by atoms with Crippen molar-refractivity contribution in [3.63, 3.8) is 0 Å². The van der Waals surface area contributed by atoms with Crippen LogP contribution in [0.2, 0.25) is 0 Å². The summed E-state index contributed by atoms with van der Waals surface area (Å²) in [6.45, 7) is -0.146. The standard InChI is InChI=1S/C12H16O3S/c1-15-11-7-10(16-4-2-3-5-16)6-9(8-13)12(11)14/h6-7,13H,2-5,8H2,1H3/p+1. The molecule has 16 heavy (non-hydrogen) atoms. The first-order chi connectivity index (χ1) is 7.76. The number of aliphatic hydroxyl groups is 1. The van der Waals surface area contributed by atoms with E-state index in [4.69, 9.17) is 4.74 Å². The van der Waals surface area contributed by atoms with Gasteiger partial charge >= 0.3 is 0 Å². The first kappa shape index (κ1) is 11.6. The van der Waals surface area contributed by atoms with Crippen LogP contribution >= 0.6 is 0 Å². The van der Waals surface area contributed by atoms with Gasteiger partial charge in [-0.25, -0.2) is 0 Å². The summed E-state index contributed by atoms with van der Waals surface area (Å²) in [7, 11) is 1.81. The molecule has 1 fully saturated rings. The van der Waals surface area contributed by atoms with Crippen molar-refractivity contribution in [1.29, 1.82) is 0 Å². The highest BCUT2D eigenvalue weighted by molar-refractivity contribution is 7.97. The zero-order valence-electron chi connectivity index (χ0n) is 9.40. The Bertz CT molecular complexity index is 348. The molecule has 0 saturated carbocycles. The number of aliphatic hydroxyl groups excluding tert-OH is 1. The van der Waals surface area contributed by atoms with Gasteiger partial charge in [0.05, 0.1) is 13.7 Å². The molecular formula is C12H17O3S+. The number of ether oxygens (including phenoxy) is 1. The van der Waals surface area contributed by atoms with Crippen molar-refractivity contribution in [2.75, 3.05) is 18.6 Å². The van der Waals surface area contributed by atoms with Crippen LogP contribution in [0.3, 0.4) is 0 Å². The highest BCUT2D eigenvalue weighted by Crippen LogP contribution is 2.35. The number of methoxy groups -OCH3 is 1. The summed E-state index contributed by atoms with van der Waals surface area (Å²) in [6.07, 6.45) is 2.56. The molecule has 1 saturated heterocycles. The summed E-state index contributed by atoms with van der Waals surface area (Å²) in [4.78, 5) is 1.20. The Morgan fingerprint density at radius 1 is 1.31 bits per heavy atom. The fourth-order valence-corrected chi connectivity index (χ4v) is 4.33. The molecule has 3 nitrogen and oxygen atoms in total. The molecule has 0 aromatic heterocycles. The van der Waals surface area contributed by atoms with Crippen LogP contribution in [0.5, 0.6) is 11.5 Å². The minimum absolute atomic E-state index is 0.0662. The van der Waals surface area contributed by atoms with Gasteiger partial charge in [0.1, 0.15) is 11.5 Å². The normalized spacial score (nSPS) is 16.6. The summed E-state index contributed by atoms with van der Waals surface area (Å²) in [6, 6.07) is 3.81. The predicted octanol–water partition coefficient (Wildman–Crippen LogP) is 1.66. The van der Waals surface area contributed by atoms with Crippen molar-refractivity contribution in [1.82, 2.24) is 0 Å². The van der Waals surface area contributed by atoms with Crippen LogP contribution in [0.4, 0.5) is 0 Å². The molecule has 1 aliphatic rings. The van der Waals surface area contributed by atoms with Crippen LogP contribution in [-0.4, -0.2) is 28.8 Å². The molecule has 0 spiro atoms. The average molecular weight is 241 g/mol. The average Bonchev–Trinajstić information content (AvgIpc) is 2.83. The van der Waals surface area contributed by atoms with Crippen LogP contribution in [0.15, 0.2) is 17.0 Å². The maximum absolute atomic E-state index is 9.77. The Kier molecular flexibility index (Phi) is 3.61.